The van der Waals surface area contributed by atoms with Crippen LogP contribution in [0, 0.1) is 0 Å². The first-order valence-electron chi connectivity index (χ1n) is 6.12. The molecule has 96 valence electrons. The Bertz CT molecular complexity index is 501. The fourth-order valence-electron chi connectivity index (χ4n) is 2.32. The van der Waals surface area contributed by atoms with E-state index < -0.39 is 0 Å². The second-order valence-electron chi connectivity index (χ2n) is 4.72. The topological polar surface area (TPSA) is 50.8 Å². The maximum absolute atomic E-state index is 12.0. The summed E-state index contributed by atoms with van der Waals surface area (Å²) in [6.07, 6.45) is 0.484. The molecule has 3 rings (SSSR count). The predicted octanol–water partition coefficient (Wildman–Crippen LogP) is 1.62. The molecule has 0 saturated heterocycles. The van der Waals surface area contributed by atoms with Crippen LogP contribution in [0.3, 0.4) is 0 Å². The molecule has 2 heterocycles. The monoisotopic (exact) mass is 248 g/mol. The third-order valence-electron chi connectivity index (χ3n) is 3.28. The van der Waals surface area contributed by atoms with Crippen molar-refractivity contribution in [2.75, 3.05) is 30.5 Å². The smallest absolute Gasteiger partial charge is 0.228 e. The van der Waals surface area contributed by atoms with Crippen LogP contribution in [0.15, 0.2) is 12.1 Å². The second kappa shape index (κ2) is 4.08. The van der Waals surface area contributed by atoms with Crippen molar-refractivity contribution >= 4 is 17.3 Å². The van der Waals surface area contributed by atoms with Gasteiger partial charge in [0.25, 0.3) is 0 Å². The molecule has 5 nitrogen and oxygen atoms in total. The first kappa shape index (κ1) is 11.2. The van der Waals surface area contributed by atoms with Gasteiger partial charge in [0.2, 0.25) is 5.91 Å². The number of nitrogens with one attached hydrogen (secondary N) is 1. The number of anilines is 2. The van der Waals surface area contributed by atoms with E-state index in [2.05, 4.69) is 5.32 Å². The first-order valence-corrected chi connectivity index (χ1v) is 6.12. The Morgan fingerprint density at radius 2 is 1.94 bits per heavy atom. The van der Waals surface area contributed by atoms with E-state index in [0.29, 0.717) is 25.4 Å². The lowest BCUT2D eigenvalue weighted by molar-refractivity contribution is -0.118. The highest BCUT2D eigenvalue weighted by Crippen LogP contribution is 2.41. The van der Waals surface area contributed by atoms with Crippen LogP contribution in [0.5, 0.6) is 11.5 Å². The van der Waals surface area contributed by atoms with Crippen LogP contribution in [0.2, 0.25) is 0 Å². The molecular formula is C13H16N2O3. The average Bonchev–Trinajstić information content (AvgIpc) is 2.45. The van der Waals surface area contributed by atoms with Crippen molar-refractivity contribution in [3.05, 3.63) is 12.1 Å². The molecule has 1 unspecified atom stereocenters. The van der Waals surface area contributed by atoms with Gasteiger partial charge in [-0.05, 0) is 6.92 Å². The van der Waals surface area contributed by atoms with Gasteiger partial charge >= 0.3 is 0 Å². The van der Waals surface area contributed by atoms with Gasteiger partial charge in [-0.15, -0.1) is 0 Å². The lowest BCUT2D eigenvalue weighted by Gasteiger charge is -2.23. The quantitative estimate of drug-likeness (QED) is 0.758. The molecule has 0 aliphatic carbocycles. The number of hydrogen-bond acceptors (Lipinski definition) is 4. The van der Waals surface area contributed by atoms with Gasteiger partial charge in [0.15, 0.2) is 11.5 Å². The molecule has 0 saturated carbocycles. The van der Waals surface area contributed by atoms with Gasteiger partial charge in [0.1, 0.15) is 13.2 Å². The number of carbonyl (C=O) groups excluding carboxylic acids is 1. The molecule has 0 radical (unpaired) electrons. The van der Waals surface area contributed by atoms with E-state index in [-0.39, 0.29) is 11.9 Å². The lowest BCUT2D eigenvalue weighted by atomic mass is 10.2. The molecule has 1 aromatic carbocycles. The molecule has 0 fully saturated rings. The SMILES string of the molecule is CC1CC(=O)N(C)c2cc3c(cc2N1)OCCO3. The Labute approximate surface area is 106 Å². The molecule has 5 heteroatoms. The molecule has 2 aliphatic rings. The minimum Gasteiger partial charge on any atom is -0.486 e. The molecule has 0 bridgehead atoms. The van der Waals surface area contributed by atoms with Crippen LogP contribution in [0.25, 0.3) is 0 Å². The highest BCUT2D eigenvalue weighted by Gasteiger charge is 2.25. The third-order valence-corrected chi connectivity index (χ3v) is 3.28. The summed E-state index contributed by atoms with van der Waals surface area (Å²) in [5.41, 5.74) is 1.76. The fourth-order valence-corrected chi connectivity index (χ4v) is 2.32. The number of nitrogens with zero attached hydrogens (tertiary/aromatic N) is 1. The van der Waals surface area contributed by atoms with E-state index in [1.807, 2.05) is 19.1 Å². The third kappa shape index (κ3) is 1.75. The number of ether oxygens (including phenoxy) is 2. The van der Waals surface area contributed by atoms with Crippen LogP contribution in [-0.4, -0.2) is 32.2 Å². The highest BCUT2D eigenvalue weighted by atomic mass is 16.6. The van der Waals surface area contributed by atoms with Crippen LogP contribution >= 0.6 is 0 Å². The molecule has 1 atom stereocenters. The number of rotatable bonds is 0. The lowest BCUT2D eigenvalue weighted by Crippen LogP contribution is -2.27. The zero-order valence-electron chi connectivity index (χ0n) is 10.5. The molecule has 0 spiro atoms. The summed E-state index contributed by atoms with van der Waals surface area (Å²) in [4.78, 5) is 13.6. The largest absolute Gasteiger partial charge is 0.486 e. The van der Waals surface area contributed by atoms with Crippen molar-refractivity contribution in [3.63, 3.8) is 0 Å². The van der Waals surface area contributed by atoms with E-state index in [1.54, 1.807) is 11.9 Å². The Morgan fingerprint density at radius 3 is 2.67 bits per heavy atom. The zero-order chi connectivity index (χ0) is 12.7. The van der Waals surface area contributed by atoms with Gasteiger partial charge in [0.05, 0.1) is 11.4 Å². The Balaban J connectivity index is 2.09. The highest BCUT2D eigenvalue weighted by molar-refractivity contribution is 5.99. The minimum absolute atomic E-state index is 0.102. The van der Waals surface area contributed by atoms with Crippen molar-refractivity contribution < 1.29 is 14.3 Å². The van der Waals surface area contributed by atoms with Gasteiger partial charge in [-0.25, -0.2) is 0 Å². The molecule has 1 amide bonds. The molecule has 18 heavy (non-hydrogen) atoms. The fraction of sp³-hybridized carbons (Fsp3) is 0.462. The number of hydrogen-bond donors (Lipinski definition) is 1. The van der Waals surface area contributed by atoms with Crippen molar-refractivity contribution in [2.45, 2.75) is 19.4 Å². The van der Waals surface area contributed by atoms with E-state index in [0.717, 1.165) is 17.1 Å². The first-order chi connectivity index (χ1) is 8.65. The van der Waals surface area contributed by atoms with Crippen molar-refractivity contribution in [1.82, 2.24) is 0 Å². The summed E-state index contributed by atoms with van der Waals surface area (Å²) in [5.74, 6) is 1.55. The van der Waals surface area contributed by atoms with Gasteiger partial charge in [0, 0.05) is 31.6 Å². The number of carbonyl (C=O) groups is 1. The molecule has 2 aliphatic heterocycles. The summed E-state index contributed by atoms with van der Waals surface area (Å²) in [6.45, 7) is 3.11. The minimum atomic E-state index is 0.102. The summed E-state index contributed by atoms with van der Waals surface area (Å²) >= 11 is 0. The second-order valence-corrected chi connectivity index (χ2v) is 4.72. The van der Waals surface area contributed by atoms with Gasteiger partial charge in [-0.2, -0.15) is 0 Å². The van der Waals surface area contributed by atoms with E-state index in [4.69, 9.17) is 9.47 Å². The Kier molecular flexibility index (Phi) is 2.54. The summed E-state index contributed by atoms with van der Waals surface area (Å²) in [5, 5.41) is 3.34. The van der Waals surface area contributed by atoms with Crippen LogP contribution in [0.4, 0.5) is 11.4 Å². The number of fused-ring (bicyclic) bond motifs is 2. The molecule has 1 N–H and O–H groups in total. The van der Waals surface area contributed by atoms with E-state index in [1.165, 1.54) is 0 Å². The van der Waals surface area contributed by atoms with Crippen molar-refractivity contribution in [3.8, 4) is 11.5 Å². The zero-order valence-corrected chi connectivity index (χ0v) is 10.5. The van der Waals surface area contributed by atoms with Crippen molar-refractivity contribution in [2.24, 2.45) is 0 Å². The van der Waals surface area contributed by atoms with E-state index >= 15 is 0 Å². The van der Waals surface area contributed by atoms with Crippen molar-refractivity contribution in [1.29, 1.82) is 0 Å². The number of benzene rings is 1. The average molecular weight is 248 g/mol. The maximum atomic E-state index is 12.0. The van der Waals surface area contributed by atoms with Crippen LogP contribution in [0.1, 0.15) is 13.3 Å². The van der Waals surface area contributed by atoms with Gasteiger partial charge < -0.3 is 19.7 Å². The van der Waals surface area contributed by atoms with Gasteiger partial charge in [-0.1, -0.05) is 0 Å². The van der Waals surface area contributed by atoms with E-state index in [9.17, 15) is 4.79 Å². The summed E-state index contributed by atoms with van der Waals surface area (Å²) < 4.78 is 11.1. The standard InChI is InChI=1S/C13H16N2O3/c1-8-5-13(16)15(2)10-7-12-11(6-9(10)14-8)17-3-4-18-12/h6-8,14H,3-5H2,1-2H3. The molecular weight excluding hydrogens is 232 g/mol. The Hall–Kier alpha value is -1.91. The predicted molar refractivity (Wildman–Crippen MR) is 68.5 cm³/mol. The Morgan fingerprint density at radius 1 is 1.28 bits per heavy atom. The van der Waals surface area contributed by atoms with Crippen LogP contribution < -0.4 is 19.7 Å². The number of amides is 1. The van der Waals surface area contributed by atoms with Gasteiger partial charge in [-0.3, -0.25) is 4.79 Å². The summed E-state index contributed by atoms with van der Waals surface area (Å²) in [7, 11) is 1.79. The van der Waals surface area contributed by atoms with Crippen LogP contribution in [-0.2, 0) is 4.79 Å². The summed E-state index contributed by atoms with van der Waals surface area (Å²) in [6, 6.07) is 3.89. The molecule has 1 aromatic rings. The molecule has 0 aromatic heterocycles. The maximum Gasteiger partial charge on any atom is 0.228 e. The normalized spacial score (nSPS) is 22.0.